The van der Waals surface area contributed by atoms with E-state index in [1.54, 1.807) is 24.5 Å². The molecule has 150 valence electrons. The number of methoxy groups -OCH3 is 1. The molecule has 7 nitrogen and oxygen atoms in total. The number of pyridine rings is 1. The van der Waals surface area contributed by atoms with Gasteiger partial charge in [-0.1, -0.05) is 30.3 Å². The molecule has 0 atom stereocenters. The minimum Gasteiger partial charge on any atom is -0.495 e. The average Bonchev–Trinajstić information content (AvgIpc) is 2.74. The van der Waals surface area contributed by atoms with Gasteiger partial charge in [0.25, 0.3) is 5.91 Å². The van der Waals surface area contributed by atoms with Gasteiger partial charge in [-0.15, -0.1) is 0 Å². The van der Waals surface area contributed by atoms with Crippen LogP contribution in [0.4, 0.5) is 5.69 Å². The molecule has 2 aromatic carbocycles. The first kappa shape index (κ1) is 20.5. The zero-order chi connectivity index (χ0) is 20.9. The van der Waals surface area contributed by atoms with E-state index < -0.39 is 15.9 Å². The summed E-state index contributed by atoms with van der Waals surface area (Å²) in [5.41, 5.74) is 1.62. The monoisotopic (exact) mass is 411 g/mol. The second kappa shape index (κ2) is 8.85. The Kier molecular flexibility index (Phi) is 6.26. The summed E-state index contributed by atoms with van der Waals surface area (Å²) < 4.78 is 32.8. The Balaban J connectivity index is 1.90. The van der Waals surface area contributed by atoms with Crippen LogP contribution in [0, 0.1) is 0 Å². The SMILES string of the molecule is COc1ccc(C(=O)Nc2ccncc2)cc1S(=O)(=O)N(C)Cc1ccccc1. The van der Waals surface area contributed by atoms with Gasteiger partial charge in [0.05, 0.1) is 7.11 Å². The van der Waals surface area contributed by atoms with Gasteiger partial charge in [-0.25, -0.2) is 8.42 Å². The average molecular weight is 411 g/mol. The smallest absolute Gasteiger partial charge is 0.255 e. The van der Waals surface area contributed by atoms with Gasteiger partial charge in [-0.2, -0.15) is 4.31 Å². The number of nitrogens with one attached hydrogen (secondary N) is 1. The first-order valence-corrected chi connectivity index (χ1v) is 10.3. The fourth-order valence-corrected chi connectivity index (χ4v) is 4.09. The van der Waals surface area contributed by atoms with Crippen LogP contribution in [0.5, 0.6) is 5.75 Å². The molecule has 1 heterocycles. The summed E-state index contributed by atoms with van der Waals surface area (Å²) >= 11 is 0. The lowest BCUT2D eigenvalue weighted by atomic mass is 10.2. The standard InChI is InChI=1S/C21H21N3O4S/c1-24(15-16-6-4-3-5-7-16)29(26,27)20-14-17(8-9-19(20)28-2)21(25)23-18-10-12-22-13-11-18/h3-14H,15H2,1-2H3,(H,22,23,25). The van der Waals surface area contributed by atoms with Crippen molar-refractivity contribution >= 4 is 21.6 Å². The summed E-state index contributed by atoms with van der Waals surface area (Å²) in [5, 5.41) is 2.72. The first-order chi connectivity index (χ1) is 13.9. The van der Waals surface area contributed by atoms with E-state index in [9.17, 15) is 13.2 Å². The predicted molar refractivity (Wildman–Crippen MR) is 110 cm³/mol. The van der Waals surface area contributed by atoms with Crippen molar-refractivity contribution in [3.05, 3.63) is 84.2 Å². The maximum absolute atomic E-state index is 13.2. The minimum absolute atomic E-state index is 0.0687. The van der Waals surface area contributed by atoms with Crippen molar-refractivity contribution in [2.75, 3.05) is 19.5 Å². The molecule has 8 heteroatoms. The second-order valence-electron chi connectivity index (χ2n) is 6.30. The molecule has 1 N–H and O–H groups in total. The molecule has 0 radical (unpaired) electrons. The molecule has 3 aromatic rings. The van der Waals surface area contributed by atoms with Crippen molar-refractivity contribution < 1.29 is 17.9 Å². The minimum atomic E-state index is -3.89. The van der Waals surface area contributed by atoms with Gasteiger partial charge in [-0.3, -0.25) is 9.78 Å². The number of ether oxygens (including phenoxy) is 1. The molecule has 0 aliphatic rings. The summed E-state index contributed by atoms with van der Waals surface area (Å²) in [6, 6.07) is 16.9. The number of nitrogens with zero attached hydrogens (tertiary/aromatic N) is 2. The third kappa shape index (κ3) is 4.79. The molecule has 0 spiro atoms. The van der Waals surface area contributed by atoms with Gasteiger partial charge in [0.2, 0.25) is 10.0 Å². The molecule has 1 aromatic heterocycles. The summed E-state index contributed by atoms with van der Waals surface area (Å²) in [7, 11) is -1.01. The van der Waals surface area contributed by atoms with E-state index in [1.807, 2.05) is 30.3 Å². The summed E-state index contributed by atoms with van der Waals surface area (Å²) in [6.45, 7) is 0.194. The van der Waals surface area contributed by atoms with Crippen molar-refractivity contribution in [1.29, 1.82) is 0 Å². The van der Waals surface area contributed by atoms with Crippen LogP contribution >= 0.6 is 0 Å². The first-order valence-electron chi connectivity index (χ1n) is 8.81. The highest BCUT2D eigenvalue weighted by molar-refractivity contribution is 7.89. The van der Waals surface area contributed by atoms with Gasteiger partial charge in [-0.05, 0) is 35.9 Å². The van der Waals surface area contributed by atoms with Gasteiger partial charge in [0, 0.05) is 37.2 Å². The summed E-state index contributed by atoms with van der Waals surface area (Å²) in [4.78, 5) is 16.4. The van der Waals surface area contributed by atoms with E-state index >= 15 is 0 Å². The zero-order valence-electron chi connectivity index (χ0n) is 16.1. The maximum Gasteiger partial charge on any atom is 0.255 e. The number of carbonyl (C=O) groups excluding carboxylic acids is 1. The second-order valence-corrected chi connectivity index (χ2v) is 8.32. The van der Waals surface area contributed by atoms with Gasteiger partial charge >= 0.3 is 0 Å². The normalized spacial score (nSPS) is 11.3. The lowest BCUT2D eigenvalue weighted by Gasteiger charge is -2.19. The van der Waals surface area contributed by atoms with Crippen molar-refractivity contribution in [3.63, 3.8) is 0 Å². The van der Waals surface area contributed by atoms with Gasteiger partial charge in [0.1, 0.15) is 10.6 Å². The molecule has 0 unspecified atom stereocenters. The Bertz CT molecular complexity index is 1090. The van der Waals surface area contributed by atoms with E-state index in [0.29, 0.717) is 5.69 Å². The highest BCUT2D eigenvalue weighted by atomic mass is 32.2. The van der Waals surface area contributed by atoms with Crippen molar-refractivity contribution in [1.82, 2.24) is 9.29 Å². The third-order valence-corrected chi connectivity index (χ3v) is 6.12. The Hall–Kier alpha value is -3.23. The maximum atomic E-state index is 13.2. The zero-order valence-corrected chi connectivity index (χ0v) is 16.9. The number of amides is 1. The summed E-state index contributed by atoms with van der Waals surface area (Å²) in [5.74, 6) is -0.258. The van der Waals surface area contributed by atoms with Crippen LogP contribution in [0.3, 0.4) is 0 Å². The number of sulfonamides is 1. The lowest BCUT2D eigenvalue weighted by molar-refractivity contribution is 0.102. The van der Waals surface area contributed by atoms with E-state index in [0.717, 1.165) is 5.56 Å². The molecule has 0 fully saturated rings. The van der Waals surface area contributed by atoms with Crippen LogP contribution in [0.15, 0.2) is 78.0 Å². The molecule has 0 aliphatic heterocycles. The van der Waals surface area contributed by atoms with Crippen LogP contribution in [0.25, 0.3) is 0 Å². The number of anilines is 1. The Morgan fingerprint density at radius 1 is 1.07 bits per heavy atom. The van der Waals surface area contributed by atoms with Crippen LogP contribution in [-0.4, -0.2) is 37.8 Å². The molecule has 29 heavy (non-hydrogen) atoms. The molecule has 1 amide bonds. The van der Waals surface area contributed by atoms with Crippen LogP contribution in [0.2, 0.25) is 0 Å². The molecule has 0 saturated carbocycles. The third-order valence-electron chi connectivity index (χ3n) is 4.30. The molecular weight excluding hydrogens is 390 g/mol. The highest BCUT2D eigenvalue weighted by Crippen LogP contribution is 2.28. The Labute approximate surface area is 170 Å². The van der Waals surface area contributed by atoms with Crippen molar-refractivity contribution in [3.8, 4) is 5.75 Å². The van der Waals surface area contributed by atoms with Crippen LogP contribution < -0.4 is 10.1 Å². The largest absolute Gasteiger partial charge is 0.495 e. The Morgan fingerprint density at radius 2 is 1.76 bits per heavy atom. The van der Waals surface area contributed by atoms with E-state index in [-0.39, 0.29) is 22.8 Å². The van der Waals surface area contributed by atoms with Crippen molar-refractivity contribution in [2.24, 2.45) is 0 Å². The van der Waals surface area contributed by atoms with E-state index in [4.69, 9.17) is 4.74 Å². The fraction of sp³-hybridized carbons (Fsp3) is 0.143. The van der Waals surface area contributed by atoms with Crippen molar-refractivity contribution in [2.45, 2.75) is 11.4 Å². The molecule has 3 rings (SSSR count). The van der Waals surface area contributed by atoms with Gasteiger partial charge in [0.15, 0.2) is 0 Å². The number of carbonyl (C=O) groups is 1. The molecule has 0 saturated heterocycles. The number of rotatable bonds is 7. The predicted octanol–water partition coefficient (Wildman–Crippen LogP) is 3.16. The Morgan fingerprint density at radius 3 is 2.41 bits per heavy atom. The quantitative estimate of drug-likeness (QED) is 0.645. The van der Waals surface area contributed by atoms with E-state index in [2.05, 4.69) is 10.3 Å². The number of hydrogen-bond donors (Lipinski definition) is 1. The van der Waals surface area contributed by atoms with Crippen LogP contribution in [-0.2, 0) is 16.6 Å². The molecule has 0 bridgehead atoms. The number of benzene rings is 2. The molecule has 0 aliphatic carbocycles. The topological polar surface area (TPSA) is 88.6 Å². The summed E-state index contributed by atoms with van der Waals surface area (Å²) in [6.07, 6.45) is 3.11. The number of hydrogen-bond acceptors (Lipinski definition) is 5. The van der Waals surface area contributed by atoms with Gasteiger partial charge < -0.3 is 10.1 Å². The molecular formula is C21H21N3O4S. The lowest BCUT2D eigenvalue weighted by Crippen LogP contribution is -2.27. The van der Waals surface area contributed by atoms with Crippen LogP contribution in [0.1, 0.15) is 15.9 Å². The fourth-order valence-electron chi connectivity index (χ4n) is 2.75. The number of aromatic nitrogens is 1. The van der Waals surface area contributed by atoms with E-state index in [1.165, 1.54) is 36.7 Å². The highest BCUT2D eigenvalue weighted by Gasteiger charge is 2.26.